The molecule has 0 N–H and O–H groups in total. The quantitative estimate of drug-likeness (QED) is 0.361. The average Bonchev–Trinajstić information content (AvgIpc) is 2.12. The molecule has 0 amide bonds. The molecule has 0 saturated carbocycles. The van der Waals surface area contributed by atoms with Gasteiger partial charge < -0.3 is 0 Å². The Labute approximate surface area is 136 Å². The summed E-state index contributed by atoms with van der Waals surface area (Å²) in [6.07, 6.45) is -6.87. The van der Waals surface area contributed by atoms with Gasteiger partial charge in [-0.2, -0.15) is 30.7 Å². The maximum Gasteiger partial charge on any atom is 0.460 e. The summed E-state index contributed by atoms with van der Waals surface area (Å²) in [6, 6.07) is 0. The molecule has 0 aliphatic carbocycles. The van der Waals surface area contributed by atoms with Crippen LogP contribution in [0.4, 0.5) is 35.1 Å². The molecule has 0 aromatic heterocycles. The monoisotopic (exact) mass is 434 g/mol. The molecule has 0 fully saturated rings. The fourth-order valence-corrected chi connectivity index (χ4v) is 1.78. The van der Waals surface area contributed by atoms with E-state index in [1.807, 2.05) is 0 Å². The summed E-state index contributed by atoms with van der Waals surface area (Å²) >= 11 is 28.6. The fraction of sp³-hybridized carbons (Fsp3) is 1.00. The van der Waals surface area contributed by atoms with Crippen molar-refractivity contribution in [1.82, 2.24) is 0 Å². The highest BCUT2D eigenvalue weighted by Gasteiger charge is 2.86. The van der Waals surface area contributed by atoms with E-state index in [2.05, 4.69) is 11.6 Å². The van der Waals surface area contributed by atoms with Crippen LogP contribution in [0, 0.1) is 0 Å². The molecule has 0 bridgehead atoms. The third-order valence-corrected chi connectivity index (χ3v) is 5.13. The van der Waals surface area contributed by atoms with Gasteiger partial charge in [-0.1, -0.05) is 69.6 Å². The van der Waals surface area contributed by atoms with Crippen molar-refractivity contribution in [2.45, 2.75) is 31.3 Å². The van der Waals surface area contributed by atoms with Crippen LogP contribution < -0.4 is 0 Å². The predicted octanol–water partition coefficient (Wildman–Crippen LogP) is 6.27. The lowest BCUT2D eigenvalue weighted by Gasteiger charge is -2.42. The second-order valence-electron chi connectivity index (χ2n) is 3.29. The van der Waals surface area contributed by atoms with E-state index in [1.165, 1.54) is 0 Å². The highest BCUT2D eigenvalue weighted by Crippen LogP contribution is 2.64. The Balaban J connectivity index is 6.08. The van der Waals surface area contributed by atoms with Gasteiger partial charge in [-0.05, 0) is 0 Å². The molecule has 122 valence electrons. The van der Waals surface area contributed by atoms with Gasteiger partial charge in [0.2, 0.25) is 8.13 Å². The number of rotatable bonds is 3. The van der Waals surface area contributed by atoms with E-state index in [9.17, 15) is 35.1 Å². The minimum Gasteiger partial charge on any atom is -0.216 e. The third kappa shape index (κ3) is 2.97. The molecular formula is C6Cl6F8. The van der Waals surface area contributed by atoms with Gasteiger partial charge in [-0.25, -0.2) is 4.39 Å². The number of hydrogen-bond acceptors (Lipinski definition) is 0. The van der Waals surface area contributed by atoms with E-state index < -0.39 is 31.3 Å². The lowest BCUT2D eigenvalue weighted by atomic mass is 10.0. The molecular weight excluding hydrogens is 437 g/mol. The molecule has 1 unspecified atom stereocenters. The van der Waals surface area contributed by atoms with Crippen molar-refractivity contribution in [3.63, 3.8) is 0 Å². The Morgan fingerprint density at radius 2 is 0.800 bits per heavy atom. The molecule has 14 heteroatoms. The van der Waals surface area contributed by atoms with Crippen LogP contribution in [0.2, 0.25) is 0 Å². The Hall–Kier alpha value is 1.18. The summed E-state index contributed by atoms with van der Waals surface area (Å²) < 4.78 is 93.5. The highest BCUT2D eigenvalue weighted by atomic mass is 35.6. The van der Waals surface area contributed by atoms with Gasteiger partial charge in [0.05, 0.1) is 0 Å². The van der Waals surface area contributed by atoms with Crippen molar-refractivity contribution < 1.29 is 35.1 Å². The molecule has 0 aromatic rings. The van der Waals surface area contributed by atoms with Crippen molar-refractivity contribution in [3.8, 4) is 0 Å². The highest BCUT2D eigenvalue weighted by molar-refractivity contribution is 6.76. The molecule has 0 nitrogen and oxygen atoms in total. The summed E-state index contributed by atoms with van der Waals surface area (Å²) in [5.41, 5.74) is 0. The molecule has 0 aromatic carbocycles. The average molecular weight is 437 g/mol. The van der Waals surface area contributed by atoms with Crippen LogP contribution >= 0.6 is 69.6 Å². The lowest BCUT2D eigenvalue weighted by Crippen LogP contribution is -2.67. The molecule has 20 heavy (non-hydrogen) atoms. The molecule has 0 radical (unpaired) electrons. The van der Waals surface area contributed by atoms with E-state index in [0.717, 1.165) is 0 Å². The smallest absolute Gasteiger partial charge is 0.216 e. The zero-order valence-electron chi connectivity index (χ0n) is 8.29. The van der Waals surface area contributed by atoms with Crippen molar-refractivity contribution in [2.75, 3.05) is 0 Å². The fourth-order valence-electron chi connectivity index (χ4n) is 0.750. The number of alkyl halides is 14. The Morgan fingerprint density at radius 3 is 1.00 bits per heavy atom. The van der Waals surface area contributed by atoms with Crippen LogP contribution in [0.15, 0.2) is 0 Å². The summed E-state index contributed by atoms with van der Waals surface area (Å²) in [5.74, 6) is -13.6. The minimum atomic E-state index is -6.94. The van der Waals surface area contributed by atoms with Gasteiger partial charge in [0, 0.05) is 0 Å². The number of halogens is 14. The maximum atomic E-state index is 13.7. The second kappa shape index (κ2) is 5.37. The summed E-state index contributed by atoms with van der Waals surface area (Å²) in [4.78, 5) is 0. The summed E-state index contributed by atoms with van der Waals surface area (Å²) in [7, 11) is 0. The molecule has 0 rings (SSSR count). The number of hydrogen-bond donors (Lipinski definition) is 0. The summed E-state index contributed by atoms with van der Waals surface area (Å²) in [5, 5.41) is -5.48. The Kier molecular flexibility index (Phi) is 5.69. The molecule has 0 spiro atoms. The molecule has 1 atom stereocenters. The van der Waals surface area contributed by atoms with Gasteiger partial charge in [0.25, 0.3) is 5.13 Å². The van der Waals surface area contributed by atoms with Crippen LogP contribution in [0.1, 0.15) is 0 Å². The van der Waals surface area contributed by atoms with Gasteiger partial charge in [-0.15, -0.1) is 0 Å². The van der Waals surface area contributed by atoms with Crippen LogP contribution in [-0.2, 0) is 0 Å². The van der Waals surface area contributed by atoms with Crippen LogP contribution in [0.3, 0.4) is 0 Å². The van der Waals surface area contributed by atoms with Crippen LogP contribution in [0.5, 0.6) is 0 Å². The van der Waals surface area contributed by atoms with Crippen molar-refractivity contribution in [1.29, 1.82) is 0 Å². The van der Waals surface area contributed by atoms with Crippen molar-refractivity contribution >= 4 is 69.6 Å². The van der Waals surface area contributed by atoms with Gasteiger partial charge >= 0.3 is 18.0 Å². The minimum absolute atomic E-state index is 3.46. The van der Waals surface area contributed by atoms with Crippen molar-refractivity contribution in [3.05, 3.63) is 0 Å². The lowest BCUT2D eigenvalue weighted by molar-refractivity contribution is -0.371. The molecule has 0 heterocycles. The molecule has 0 aliphatic rings. The third-order valence-electron chi connectivity index (χ3n) is 1.90. The second-order valence-corrected chi connectivity index (χ2v) is 7.42. The largest absolute Gasteiger partial charge is 0.460 e. The summed E-state index contributed by atoms with van der Waals surface area (Å²) in [6.45, 7) is 0. The maximum absolute atomic E-state index is 13.7. The van der Waals surface area contributed by atoms with Gasteiger partial charge in [-0.3, -0.25) is 0 Å². The first-order valence-electron chi connectivity index (χ1n) is 3.90. The first-order chi connectivity index (χ1) is 8.25. The topological polar surface area (TPSA) is 0 Å². The zero-order chi connectivity index (χ0) is 17.0. The molecule has 0 aliphatic heterocycles. The van der Waals surface area contributed by atoms with E-state index in [0.29, 0.717) is 0 Å². The van der Waals surface area contributed by atoms with E-state index in [-0.39, 0.29) is 0 Å². The SMILES string of the molecule is FC(F)(F)C(F)(F)C(F)(F)C(F)(Cl)C(Cl)(Cl)C(Cl)(Cl)Cl. The standard InChI is InChI=1S/C6Cl6F8/c7-1(8,5(10,11)12)2(9,13)3(14,15)4(16,17)6(18,19)20. The predicted molar refractivity (Wildman–Crippen MR) is 60.4 cm³/mol. The van der Waals surface area contributed by atoms with Crippen LogP contribution in [-0.4, -0.2) is 31.3 Å². The van der Waals surface area contributed by atoms with Gasteiger partial charge in [0.15, 0.2) is 0 Å². The Morgan fingerprint density at radius 1 is 0.500 bits per heavy atom. The Bertz CT molecular complexity index is 333. The zero-order valence-corrected chi connectivity index (χ0v) is 12.8. The van der Waals surface area contributed by atoms with E-state index >= 15 is 0 Å². The molecule has 0 saturated heterocycles. The van der Waals surface area contributed by atoms with E-state index in [4.69, 9.17) is 58.0 Å². The first kappa shape index (κ1) is 21.2. The van der Waals surface area contributed by atoms with Crippen molar-refractivity contribution in [2.24, 2.45) is 0 Å². The van der Waals surface area contributed by atoms with Gasteiger partial charge in [0.1, 0.15) is 0 Å². The normalized spacial score (nSPS) is 18.9. The van der Waals surface area contributed by atoms with E-state index in [1.54, 1.807) is 0 Å². The first-order valence-corrected chi connectivity index (χ1v) is 6.16. The van der Waals surface area contributed by atoms with Crippen LogP contribution in [0.25, 0.3) is 0 Å².